The predicted molar refractivity (Wildman–Crippen MR) is 97.6 cm³/mol. The molecular weight excluding hydrogens is 392 g/mol. The molecule has 3 aromatic rings. The van der Waals surface area contributed by atoms with E-state index in [0.29, 0.717) is 5.69 Å². The fourth-order valence-corrected chi connectivity index (χ4v) is 3.90. The zero-order valence-electron chi connectivity index (χ0n) is 13.9. The SMILES string of the molecule is COS(=O)c1cc(S(=O)(=O)[O-])c2c(N=Nc3ccccc3)c(O)ccc2c1. The molecule has 27 heavy (non-hydrogen) atoms. The molecule has 0 aliphatic heterocycles. The summed E-state index contributed by atoms with van der Waals surface area (Å²) in [7, 11) is -3.79. The summed E-state index contributed by atoms with van der Waals surface area (Å²) < 4.78 is 52.0. The van der Waals surface area contributed by atoms with Crippen LogP contribution >= 0.6 is 0 Å². The molecule has 0 spiro atoms. The third kappa shape index (κ3) is 4.03. The first kappa shape index (κ1) is 19.1. The smallest absolute Gasteiger partial charge is 0.188 e. The molecule has 1 N–H and O–H groups in total. The molecule has 0 amide bonds. The van der Waals surface area contributed by atoms with E-state index >= 15 is 0 Å². The second-order valence-corrected chi connectivity index (χ2v) is 7.97. The highest BCUT2D eigenvalue weighted by Gasteiger charge is 2.18. The van der Waals surface area contributed by atoms with Gasteiger partial charge >= 0.3 is 0 Å². The van der Waals surface area contributed by atoms with Crippen molar-refractivity contribution >= 4 is 43.3 Å². The van der Waals surface area contributed by atoms with E-state index in [1.54, 1.807) is 30.3 Å². The van der Waals surface area contributed by atoms with Gasteiger partial charge in [-0.15, -0.1) is 5.11 Å². The lowest BCUT2D eigenvalue weighted by Gasteiger charge is -2.14. The summed E-state index contributed by atoms with van der Waals surface area (Å²) in [5.74, 6) is -0.354. The van der Waals surface area contributed by atoms with Gasteiger partial charge in [-0.25, -0.2) is 12.6 Å². The highest BCUT2D eigenvalue weighted by atomic mass is 32.2. The van der Waals surface area contributed by atoms with Crippen LogP contribution in [0.3, 0.4) is 0 Å². The molecule has 10 heteroatoms. The average molecular weight is 405 g/mol. The Kier molecular flexibility index (Phi) is 5.33. The Morgan fingerprint density at radius 2 is 1.78 bits per heavy atom. The highest BCUT2D eigenvalue weighted by molar-refractivity contribution is 7.86. The standard InChI is InChI=1S/C17H14N2O6S2/c1-25-26(21)13-9-11-7-8-14(20)17(16(11)15(10-13)27(22,23)24)19-18-12-5-3-2-4-6-12/h2-10,20H,1H3,(H,22,23,24)/p-1. The number of hydrogen-bond donors (Lipinski definition) is 1. The van der Waals surface area contributed by atoms with Gasteiger partial charge in [-0.2, -0.15) is 5.11 Å². The van der Waals surface area contributed by atoms with Crippen LogP contribution in [0.5, 0.6) is 5.75 Å². The zero-order valence-corrected chi connectivity index (χ0v) is 15.5. The lowest BCUT2D eigenvalue weighted by Crippen LogP contribution is -2.03. The highest BCUT2D eigenvalue weighted by Crippen LogP contribution is 2.40. The summed E-state index contributed by atoms with van der Waals surface area (Å²) in [6.45, 7) is 0. The normalized spacial score (nSPS) is 13.3. The van der Waals surface area contributed by atoms with Gasteiger partial charge in [0.05, 0.1) is 22.6 Å². The van der Waals surface area contributed by atoms with E-state index in [1.165, 1.54) is 25.3 Å². The van der Waals surface area contributed by atoms with Crippen LogP contribution in [0.25, 0.3) is 10.8 Å². The van der Waals surface area contributed by atoms with Gasteiger partial charge in [0.25, 0.3) is 0 Å². The third-order valence-electron chi connectivity index (χ3n) is 3.64. The van der Waals surface area contributed by atoms with Gasteiger partial charge in [-0.3, -0.25) is 4.18 Å². The lowest BCUT2D eigenvalue weighted by molar-refractivity contribution is 0.445. The summed E-state index contributed by atoms with van der Waals surface area (Å²) in [6.07, 6.45) is 0. The Hall–Kier alpha value is -2.66. The van der Waals surface area contributed by atoms with Crippen molar-refractivity contribution in [1.82, 2.24) is 0 Å². The minimum atomic E-state index is -4.97. The minimum Gasteiger partial charge on any atom is -0.744 e. The number of aromatic hydroxyl groups is 1. The molecule has 0 fully saturated rings. The van der Waals surface area contributed by atoms with Crippen LogP contribution in [0.2, 0.25) is 0 Å². The van der Waals surface area contributed by atoms with Crippen LogP contribution in [0.1, 0.15) is 0 Å². The van der Waals surface area contributed by atoms with E-state index in [9.17, 15) is 22.3 Å². The van der Waals surface area contributed by atoms with Crippen molar-refractivity contribution in [1.29, 1.82) is 0 Å². The van der Waals surface area contributed by atoms with Crippen molar-refractivity contribution in [2.45, 2.75) is 9.79 Å². The first-order chi connectivity index (χ1) is 12.8. The molecule has 0 saturated carbocycles. The van der Waals surface area contributed by atoms with Gasteiger partial charge in [0.15, 0.2) is 11.1 Å². The summed E-state index contributed by atoms with van der Waals surface area (Å²) in [5.41, 5.74) is 0.290. The first-order valence-electron chi connectivity index (χ1n) is 7.50. The van der Waals surface area contributed by atoms with Crippen LogP contribution in [0, 0.1) is 0 Å². The van der Waals surface area contributed by atoms with Crippen molar-refractivity contribution in [3.8, 4) is 5.75 Å². The maximum Gasteiger partial charge on any atom is 0.188 e. The monoisotopic (exact) mass is 405 g/mol. The van der Waals surface area contributed by atoms with E-state index in [-0.39, 0.29) is 27.1 Å². The maximum atomic E-state index is 11.9. The quantitative estimate of drug-likeness (QED) is 0.511. The van der Waals surface area contributed by atoms with Gasteiger partial charge in [-0.05, 0) is 35.7 Å². The van der Waals surface area contributed by atoms with Crippen LogP contribution in [0.4, 0.5) is 11.4 Å². The fourth-order valence-electron chi connectivity index (χ4n) is 2.46. The summed E-state index contributed by atoms with van der Waals surface area (Å²) in [6, 6.07) is 13.6. The number of nitrogens with zero attached hydrogens (tertiary/aromatic N) is 2. The van der Waals surface area contributed by atoms with Gasteiger partial charge in [-0.1, -0.05) is 24.3 Å². The Balaban J connectivity index is 2.32. The predicted octanol–water partition coefficient (Wildman–Crippen LogP) is 3.53. The molecule has 3 aromatic carbocycles. The molecule has 140 valence electrons. The number of phenolic OH excluding ortho intramolecular Hbond substituents is 1. The summed E-state index contributed by atoms with van der Waals surface area (Å²) in [5, 5.41) is 18.2. The van der Waals surface area contributed by atoms with Crippen LogP contribution < -0.4 is 0 Å². The van der Waals surface area contributed by atoms with E-state index in [2.05, 4.69) is 10.2 Å². The molecule has 0 bridgehead atoms. The topological polar surface area (TPSA) is 128 Å². The number of benzene rings is 3. The van der Waals surface area contributed by atoms with Crippen molar-refractivity contribution in [3.05, 3.63) is 54.6 Å². The van der Waals surface area contributed by atoms with Gasteiger partial charge in [0, 0.05) is 5.39 Å². The van der Waals surface area contributed by atoms with E-state index in [4.69, 9.17) is 4.18 Å². The molecule has 3 rings (SSSR count). The third-order valence-corrected chi connectivity index (χ3v) is 5.43. The number of rotatable bonds is 5. The Bertz CT molecular complexity index is 1160. The second kappa shape index (κ2) is 7.53. The second-order valence-electron chi connectivity index (χ2n) is 5.34. The van der Waals surface area contributed by atoms with Crippen molar-refractivity contribution in [3.63, 3.8) is 0 Å². The maximum absolute atomic E-state index is 11.9. The van der Waals surface area contributed by atoms with Gasteiger partial charge < -0.3 is 9.66 Å². The number of hydrogen-bond acceptors (Lipinski definition) is 8. The fraction of sp³-hybridized carbons (Fsp3) is 0.0588. The van der Waals surface area contributed by atoms with Crippen LogP contribution in [-0.2, 0) is 25.4 Å². The molecule has 0 aromatic heterocycles. The molecule has 0 heterocycles. The number of fused-ring (bicyclic) bond motifs is 1. The molecule has 0 saturated heterocycles. The van der Waals surface area contributed by atoms with Crippen LogP contribution in [0.15, 0.2) is 74.6 Å². The van der Waals surface area contributed by atoms with Crippen molar-refractivity contribution in [2.75, 3.05) is 7.11 Å². The summed E-state index contributed by atoms with van der Waals surface area (Å²) in [4.78, 5) is -0.672. The molecule has 0 aliphatic carbocycles. The molecule has 0 aliphatic rings. The van der Waals surface area contributed by atoms with Gasteiger partial charge in [0.2, 0.25) is 0 Å². The van der Waals surface area contributed by atoms with Crippen molar-refractivity contribution < 1.29 is 26.5 Å². The van der Waals surface area contributed by atoms with Crippen molar-refractivity contribution in [2.24, 2.45) is 10.2 Å². The number of phenols is 1. The van der Waals surface area contributed by atoms with Gasteiger partial charge in [0.1, 0.15) is 21.6 Å². The van der Waals surface area contributed by atoms with E-state index in [0.717, 1.165) is 6.07 Å². The van der Waals surface area contributed by atoms with E-state index < -0.39 is 26.1 Å². The Labute approximate surface area is 157 Å². The first-order valence-corrected chi connectivity index (χ1v) is 9.98. The summed E-state index contributed by atoms with van der Waals surface area (Å²) >= 11 is -1.96. The minimum absolute atomic E-state index is 0.00365. The largest absolute Gasteiger partial charge is 0.744 e. The average Bonchev–Trinajstić information content (AvgIpc) is 2.65. The Morgan fingerprint density at radius 1 is 1.07 bits per heavy atom. The van der Waals surface area contributed by atoms with E-state index in [1.807, 2.05) is 0 Å². The van der Waals surface area contributed by atoms with Crippen LogP contribution in [-0.4, -0.2) is 29.4 Å². The molecular formula is C17H13N2O6S2-. The Morgan fingerprint density at radius 3 is 2.41 bits per heavy atom. The lowest BCUT2D eigenvalue weighted by atomic mass is 10.1. The molecule has 1 unspecified atom stereocenters. The molecule has 0 radical (unpaired) electrons. The zero-order chi connectivity index (χ0) is 19.6. The number of azo groups is 1. The molecule has 8 nitrogen and oxygen atoms in total. The molecule has 1 atom stereocenters.